The Kier molecular flexibility index (Phi) is 6.24. The molecule has 1 N–H and O–H groups in total. The topological polar surface area (TPSA) is 61.8 Å². The summed E-state index contributed by atoms with van der Waals surface area (Å²) in [4.78, 5) is 6.87. The minimum atomic E-state index is -2.91. The molecule has 5 nitrogen and oxygen atoms in total. The van der Waals surface area contributed by atoms with Crippen LogP contribution in [0, 0.1) is 0 Å². The first-order valence-corrected chi connectivity index (χ1v) is 9.90. The van der Waals surface area contributed by atoms with Crippen molar-refractivity contribution >= 4 is 21.5 Å². The summed E-state index contributed by atoms with van der Waals surface area (Å²) in [5.74, 6) is 1.05. The SMILES string of the molecule is CS(=O)(=O)CCCN=C(Nc1ccccc1)N1CCCCC1. The van der Waals surface area contributed by atoms with Crippen LogP contribution >= 0.6 is 0 Å². The standard InChI is InChI=1S/C16H25N3O2S/c1-22(20,21)14-8-11-17-16(19-12-6-3-7-13-19)18-15-9-4-2-5-10-15/h2,4-5,9-10H,3,6-8,11-14H2,1H3,(H,17,18). The number of hydrogen-bond donors (Lipinski definition) is 1. The van der Waals surface area contributed by atoms with Crippen molar-refractivity contribution < 1.29 is 8.42 Å². The maximum atomic E-state index is 11.2. The van der Waals surface area contributed by atoms with Gasteiger partial charge < -0.3 is 10.2 Å². The van der Waals surface area contributed by atoms with Crippen molar-refractivity contribution in [1.29, 1.82) is 0 Å². The summed E-state index contributed by atoms with van der Waals surface area (Å²) >= 11 is 0. The van der Waals surface area contributed by atoms with Crippen LogP contribution in [0.4, 0.5) is 5.69 Å². The normalized spacial score (nSPS) is 16.6. The molecule has 1 heterocycles. The Morgan fingerprint density at radius 3 is 2.50 bits per heavy atom. The molecule has 0 bridgehead atoms. The Bertz CT molecular complexity index is 579. The van der Waals surface area contributed by atoms with Gasteiger partial charge in [0, 0.05) is 31.6 Å². The van der Waals surface area contributed by atoms with Crippen molar-refractivity contribution in [2.24, 2.45) is 4.99 Å². The first-order chi connectivity index (χ1) is 10.5. The van der Waals surface area contributed by atoms with Gasteiger partial charge in [-0.2, -0.15) is 0 Å². The molecule has 1 aliphatic heterocycles. The summed E-state index contributed by atoms with van der Waals surface area (Å²) in [6.45, 7) is 2.54. The van der Waals surface area contributed by atoms with Crippen LogP contribution in [0.15, 0.2) is 35.3 Å². The molecular weight excluding hydrogens is 298 g/mol. The fraction of sp³-hybridized carbons (Fsp3) is 0.562. The van der Waals surface area contributed by atoms with E-state index in [1.807, 2.05) is 30.3 Å². The molecule has 0 atom stereocenters. The highest BCUT2D eigenvalue weighted by Crippen LogP contribution is 2.12. The number of hydrogen-bond acceptors (Lipinski definition) is 3. The van der Waals surface area contributed by atoms with E-state index in [1.165, 1.54) is 25.5 Å². The molecule has 1 saturated heterocycles. The maximum absolute atomic E-state index is 11.2. The highest BCUT2D eigenvalue weighted by molar-refractivity contribution is 7.90. The van der Waals surface area contributed by atoms with Crippen molar-refractivity contribution in [2.45, 2.75) is 25.7 Å². The predicted molar refractivity (Wildman–Crippen MR) is 92.1 cm³/mol. The highest BCUT2D eigenvalue weighted by Gasteiger charge is 2.15. The number of sulfone groups is 1. The van der Waals surface area contributed by atoms with Gasteiger partial charge in [-0.1, -0.05) is 18.2 Å². The Morgan fingerprint density at radius 1 is 1.18 bits per heavy atom. The van der Waals surface area contributed by atoms with Gasteiger partial charge in [0.25, 0.3) is 0 Å². The number of guanidine groups is 1. The Morgan fingerprint density at radius 2 is 1.86 bits per heavy atom. The van der Waals surface area contributed by atoms with Crippen molar-refractivity contribution in [3.8, 4) is 0 Å². The first-order valence-electron chi connectivity index (χ1n) is 7.84. The molecule has 22 heavy (non-hydrogen) atoms. The fourth-order valence-electron chi connectivity index (χ4n) is 2.49. The second-order valence-corrected chi connectivity index (χ2v) is 7.99. The molecule has 1 aromatic rings. The van der Waals surface area contributed by atoms with Crippen LogP contribution in [0.25, 0.3) is 0 Å². The van der Waals surface area contributed by atoms with Crippen LogP contribution < -0.4 is 5.32 Å². The number of nitrogens with zero attached hydrogens (tertiary/aromatic N) is 2. The number of rotatable bonds is 5. The molecule has 0 saturated carbocycles. The maximum Gasteiger partial charge on any atom is 0.198 e. The van der Waals surface area contributed by atoms with Crippen LogP contribution in [0.5, 0.6) is 0 Å². The van der Waals surface area contributed by atoms with Crippen LogP contribution in [0.3, 0.4) is 0 Å². The second kappa shape index (κ2) is 8.17. The number of aliphatic imine (C=N–C) groups is 1. The third-order valence-corrected chi connectivity index (χ3v) is 4.65. The third kappa shape index (κ3) is 6.05. The van der Waals surface area contributed by atoms with E-state index >= 15 is 0 Å². The molecule has 122 valence electrons. The molecule has 0 spiro atoms. The third-order valence-electron chi connectivity index (χ3n) is 3.62. The number of para-hydroxylation sites is 1. The van der Waals surface area contributed by atoms with Crippen LogP contribution in [0.2, 0.25) is 0 Å². The first kappa shape index (κ1) is 16.8. The van der Waals surface area contributed by atoms with E-state index in [0.717, 1.165) is 24.7 Å². The monoisotopic (exact) mass is 323 g/mol. The molecule has 0 aromatic heterocycles. The molecular formula is C16H25N3O2S. The Hall–Kier alpha value is -1.56. The number of piperidine rings is 1. The number of likely N-dealkylation sites (tertiary alicyclic amines) is 1. The van der Waals surface area contributed by atoms with Crippen molar-refractivity contribution in [3.05, 3.63) is 30.3 Å². The van der Waals surface area contributed by atoms with Gasteiger partial charge in [-0.05, 0) is 37.8 Å². The van der Waals surface area contributed by atoms with E-state index in [0.29, 0.717) is 13.0 Å². The van der Waals surface area contributed by atoms with Gasteiger partial charge in [0.1, 0.15) is 9.84 Å². The van der Waals surface area contributed by atoms with E-state index in [4.69, 9.17) is 0 Å². The summed E-state index contributed by atoms with van der Waals surface area (Å²) in [5.41, 5.74) is 1.01. The lowest BCUT2D eigenvalue weighted by Crippen LogP contribution is -2.40. The summed E-state index contributed by atoms with van der Waals surface area (Å²) in [6, 6.07) is 9.97. The molecule has 0 radical (unpaired) electrons. The largest absolute Gasteiger partial charge is 0.343 e. The predicted octanol–water partition coefficient (Wildman–Crippen LogP) is 2.38. The van der Waals surface area contributed by atoms with Crippen molar-refractivity contribution in [1.82, 2.24) is 4.90 Å². The molecule has 0 amide bonds. The zero-order valence-electron chi connectivity index (χ0n) is 13.2. The average molecular weight is 323 g/mol. The Balaban J connectivity index is 2.00. The lowest BCUT2D eigenvalue weighted by molar-refractivity contribution is 0.340. The minimum absolute atomic E-state index is 0.190. The number of nitrogens with one attached hydrogen (secondary N) is 1. The minimum Gasteiger partial charge on any atom is -0.343 e. The van der Waals surface area contributed by atoms with E-state index < -0.39 is 9.84 Å². The Labute approximate surface area is 133 Å². The fourth-order valence-corrected chi connectivity index (χ4v) is 3.14. The molecule has 0 unspecified atom stereocenters. The molecule has 6 heteroatoms. The van der Waals surface area contributed by atoms with Gasteiger partial charge >= 0.3 is 0 Å². The van der Waals surface area contributed by atoms with Gasteiger partial charge in [-0.3, -0.25) is 4.99 Å². The highest BCUT2D eigenvalue weighted by atomic mass is 32.2. The smallest absolute Gasteiger partial charge is 0.198 e. The zero-order chi connectivity index (χ0) is 15.8. The van der Waals surface area contributed by atoms with E-state index in [-0.39, 0.29) is 5.75 Å². The summed E-state index contributed by atoms with van der Waals surface area (Å²) in [5, 5.41) is 3.37. The van der Waals surface area contributed by atoms with Gasteiger partial charge in [0.05, 0.1) is 5.75 Å². The lowest BCUT2D eigenvalue weighted by atomic mass is 10.1. The summed E-state index contributed by atoms with van der Waals surface area (Å²) in [7, 11) is -2.91. The van der Waals surface area contributed by atoms with Crippen LogP contribution in [-0.2, 0) is 9.84 Å². The van der Waals surface area contributed by atoms with Gasteiger partial charge in [-0.25, -0.2) is 8.42 Å². The lowest BCUT2D eigenvalue weighted by Gasteiger charge is -2.30. The van der Waals surface area contributed by atoms with Crippen molar-refractivity contribution in [3.63, 3.8) is 0 Å². The quantitative estimate of drug-likeness (QED) is 0.513. The van der Waals surface area contributed by atoms with Crippen LogP contribution in [0.1, 0.15) is 25.7 Å². The van der Waals surface area contributed by atoms with E-state index in [1.54, 1.807) is 0 Å². The summed E-state index contributed by atoms with van der Waals surface area (Å²) < 4.78 is 22.4. The van der Waals surface area contributed by atoms with Crippen molar-refractivity contribution in [2.75, 3.05) is 37.0 Å². The number of anilines is 1. The zero-order valence-corrected chi connectivity index (χ0v) is 14.0. The van der Waals surface area contributed by atoms with Gasteiger partial charge in [0.15, 0.2) is 5.96 Å². The van der Waals surface area contributed by atoms with Crippen LogP contribution in [-0.4, -0.2) is 50.9 Å². The van der Waals surface area contributed by atoms with Gasteiger partial charge in [0.2, 0.25) is 0 Å². The molecule has 1 fully saturated rings. The second-order valence-electron chi connectivity index (χ2n) is 5.73. The molecule has 0 aliphatic carbocycles. The average Bonchev–Trinajstić information content (AvgIpc) is 2.51. The molecule has 2 rings (SSSR count). The molecule has 1 aromatic carbocycles. The number of benzene rings is 1. The molecule has 1 aliphatic rings. The van der Waals surface area contributed by atoms with E-state index in [2.05, 4.69) is 15.2 Å². The summed E-state index contributed by atoms with van der Waals surface area (Å²) in [6.07, 6.45) is 5.46. The van der Waals surface area contributed by atoms with Gasteiger partial charge in [-0.15, -0.1) is 0 Å². The van der Waals surface area contributed by atoms with E-state index in [9.17, 15) is 8.42 Å².